The predicted molar refractivity (Wildman–Crippen MR) is 99.5 cm³/mol. The minimum Gasteiger partial charge on any atom is -0.409 e. The third-order valence-electron chi connectivity index (χ3n) is 2.77. The Labute approximate surface area is 144 Å². The highest BCUT2D eigenvalue weighted by molar-refractivity contribution is 7.43. The van der Waals surface area contributed by atoms with E-state index in [0.29, 0.717) is 17.2 Å². The topological polar surface area (TPSA) is 27.7 Å². The van der Waals surface area contributed by atoms with Crippen molar-refractivity contribution < 1.29 is 13.6 Å². The molecular weight excluding hydrogens is 319 g/mol. The fourth-order valence-corrected chi connectivity index (χ4v) is 2.75. The first kappa shape index (κ1) is 17.8. The molecule has 0 aliphatic rings. The first-order chi connectivity index (χ1) is 11.9. The highest BCUT2D eigenvalue weighted by Gasteiger charge is 2.19. The monoisotopic (exact) mass is 340 g/mol. The van der Waals surface area contributed by atoms with Gasteiger partial charge < -0.3 is 13.6 Å². The molecule has 3 nitrogen and oxygen atoms in total. The van der Waals surface area contributed by atoms with Crippen molar-refractivity contribution in [2.45, 2.75) is 13.8 Å². The van der Waals surface area contributed by atoms with Crippen LogP contribution in [0.5, 0.6) is 17.2 Å². The van der Waals surface area contributed by atoms with Crippen LogP contribution in [0.4, 0.5) is 0 Å². The molecule has 0 saturated heterocycles. The van der Waals surface area contributed by atoms with Crippen LogP contribution in [-0.2, 0) is 0 Å². The highest BCUT2D eigenvalue weighted by atomic mass is 31.2. The fourth-order valence-electron chi connectivity index (χ4n) is 1.76. The first-order valence-electron chi connectivity index (χ1n) is 7.89. The first-order valence-corrected chi connectivity index (χ1v) is 8.99. The second kappa shape index (κ2) is 10.3. The van der Waals surface area contributed by atoms with Crippen LogP contribution in [0.3, 0.4) is 0 Å². The largest absolute Gasteiger partial charge is 0.530 e. The van der Waals surface area contributed by atoms with Gasteiger partial charge in [-0.05, 0) is 36.4 Å². The normalized spacial score (nSPS) is 9.62. The second-order valence-corrected chi connectivity index (χ2v) is 5.43. The second-order valence-electron chi connectivity index (χ2n) is 4.44. The van der Waals surface area contributed by atoms with Gasteiger partial charge in [0.05, 0.1) is 0 Å². The minimum atomic E-state index is -1.59. The van der Waals surface area contributed by atoms with Gasteiger partial charge in [-0.25, -0.2) is 0 Å². The summed E-state index contributed by atoms with van der Waals surface area (Å²) in [6.07, 6.45) is 0. The molecule has 3 aromatic carbocycles. The molecule has 0 aliphatic heterocycles. The summed E-state index contributed by atoms with van der Waals surface area (Å²) in [7, 11) is -1.59. The van der Waals surface area contributed by atoms with Crippen LogP contribution < -0.4 is 13.6 Å². The van der Waals surface area contributed by atoms with Crippen molar-refractivity contribution >= 4 is 8.60 Å². The van der Waals surface area contributed by atoms with Crippen LogP contribution in [-0.4, -0.2) is 0 Å². The number of hydrogen-bond acceptors (Lipinski definition) is 3. The molecule has 0 aliphatic carbocycles. The van der Waals surface area contributed by atoms with Crippen molar-refractivity contribution in [3.8, 4) is 17.2 Å². The Bertz CT molecular complexity index is 576. The molecule has 0 spiro atoms. The number of rotatable bonds is 6. The summed E-state index contributed by atoms with van der Waals surface area (Å²) in [5.74, 6) is 2.13. The standard InChI is InChI=1S/C18H15O3P.C2H6/c1-4-10-16(11-5-1)19-22(20-17-12-6-2-7-13-17)21-18-14-8-3-9-15-18;1-2/h1-15H;1-2H3. The molecule has 0 fully saturated rings. The van der Waals surface area contributed by atoms with Crippen LogP contribution in [0.2, 0.25) is 0 Å². The van der Waals surface area contributed by atoms with Crippen LogP contribution >= 0.6 is 8.60 Å². The van der Waals surface area contributed by atoms with Crippen LogP contribution in [0.25, 0.3) is 0 Å². The van der Waals surface area contributed by atoms with E-state index in [9.17, 15) is 0 Å². The van der Waals surface area contributed by atoms with Gasteiger partial charge in [0.1, 0.15) is 17.2 Å². The molecule has 0 radical (unpaired) electrons. The van der Waals surface area contributed by atoms with E-state index in [-0.39, 0.29) is 0 Å². The van der Waals surface area contributed by atoms with E-state index >= 15 is 0 Å². The van der Waals surface area contributed by atoms with Crippen molar-refractivity contribution in [1.82, 2.24) is 0 Å². The van der Waals surface area contributed by atoms with E-state index in [2.05, 4.69) is 0 Å². The zero-order chi connectivity index (χ0) is 17.0. The number of benzene rings is 3. The Balaban J connectivity index is 0.00000100. The summed E-state index contributed by atoms with van der Waals surface area (Å²) in [5, 5.41) is 0. The molecule has 0 unspecified atom stereocenters. The van der Waals surface area contributed by atoms with E-state index in [4.69, 9.17) is 13.6 Å². The summed E-state index contributed by atoms with van der Waals surface area (Å²) in [6, 6.07) is 28.5. The molecule has 0 bridgehead atoms. The molecule has 0 aromatic heterocycles. The zero-order valence-corrected chi connectivity index (χ0v) is 14.7. The molecular formula is C20H21O3P. The van der Waals surface area contributed by atoms with Crippen LogP contribution in [0, 0.1) is 0 Å². The zero-order valence-electron chi connectivity index (χ0n) is 13.8. The molecule has 0 saturated carbocycles. The van der Waals surface area contributed by atoms with Gasteiger partial charge in [0.25, 0.3) is 0 Å². The Hall–Kier alpha value is -2.51. The van der Waals surface area contributed by atoms with E-state index in [0.717, 1.165) is 0 Å². The van der Waals surface area contributed by atoms with Gasteiger partial charge in [0.15, 0.2) is 0 Å². The summed E-state index contributed by atoms with van der Waals surface area (Å²) in [4.78, 5) is 0. The van der Waals surface area contributed by atoms with Gasteiger partial charge in [0, 0.05) is 0 Å². The van der Waals surface area contributed by atoms with E-state index in [1.165, 1.54) is 0 Å². The van der Waals surface area contributed by atoms with Crippen LogP contribution in [0.1, 0.15) is 13.8 Å². The van der Waals surface area contributed by atoms with Gasteiger partial charge in [-0.15, -0.1) is 0 Å². The Morgan fingerprint density at radius 1 is 0.458 bits per heavy atom. The minimum absolute atomic E-state index is 0.709. The fraction of sp³-hybridized carbons (Fsp3) is 0.100. The van der Waals surface area contributed by atoms with Crippen molar-refractivity contribution in [3.05, 3.63) is 91.0 Å². The van der Waals surface area contributed by atoms with E-state index in [1.54, 1.807) is 0 Å². The van der Waals surface area contributed by atoms with Crippen molar-refractivity contribution in [1.29, 1.82) is 0 Å². The molecule has 0 N–H and O–H groups in total. The maximum Gasteiger partial charge on any atom is 0.530 e. The number of para-hydroxylation sites is 3. The SMILES string of the molecule is CC.c1ccc(OP(Oc2ccccc2)Oc2ccccc2)cc1. The maximum absolute atomic E-state index is 5.84. The number of hydrogen-bond donors (Lipinski definition) is 0. The van der Waals surface area contributed by atoms with Gasteiger partial charge in [-0.3, -0.25) is 0 Å². The smallest absolute Gasteiger partial charge is 0.409 e. The third kappa shape index (κ3) is 5.94. The summed E-state index contributed by atoms with van der Waals surface area (Å²) in [6.45, 7) is 4.00. The molecule has 0 heterocycles. The lowest BCUT2D eigenvalue weighted by Crippen LogP contribution is -2.02. The summed E-state index contributed by atoms with van der Waals surface area (Å²) < 4.78 is 17.5. The maximum atomic E-state index is 5.84. The summed E-state index contributed by atoms with van der Waals surface area (Å²) >= 11 is 0. The van der Waals surface area contributed by atoms with Gasteiger partial charge in [-0.1, -0.05) is 68.4 Å². The van der Waals surface area contributed by atoms with E-state index in [1.807, 2.05) is 105 Å². The molecule has 3 rings (SSSR count). The Morgan fingerprint density at radius 2 is 0.708 bits per heavy atom. The Morgan fingerprint density at radius 3 is 0.958 bits per heavy atom. The Kier molecular flexibility index (Phi) is 7.66. The van der Waals surface area contributed by atoms with Crippen molar-refractivity contribution in [2.24, 2.45) is 0 Å². The molecule has 0 amide bonds. The van der Waals surface area contributed by atoms with E-state index < -0.39 is 8.60 Å². The third-order valence-corrected chi connectivity index (χ3v) is 3.85. The summed E-state index contributed by atoms with van der Waals surface area (Å²) in [5.41, 5.74) is 0. The lowest BCUT2D eigenvalue weighted by molar-refractivity contribution is 0.388. The van der Waals surface area contributed by atoms with Crippen LogP contribution in [0.15, 0.2) is 91.0 Å². The average Bonchev–Trinajstić information content (AvgIpc) is 2.66. The van der Waals surface area contributed by atoms with Gasteiger partial charge in [-0.2, -0.15) is 0 Å². The van der Waals surface area contributed by atoms with Crippen molar-refractivity contribution in [2.75, 3.05) is 0 Å². The molecule has 4 heteroatoms. The highest BCUT2D eigenvalue weighted by Crippen LogP contribution is 2.41. The quantitative estimate of drug-likeness (QED) is 0.481. The molecule has 124 valence electrons. The van der Waals surface area contributed by atoms with Gasteiger partial charge >= 0.3 is 8.60 Å². The predicted octanol–water partition coefficient (Wildman–Crippen LogP) is 6.48. The van der Waals surface area contributed by atoms with Crippen molar-refractivity contribution in [3.63, 3.8) is 0 Å². The molecule has 0 atom stereocenters. The molecule has 3 aromatic rings. The molecule has 24 heavy (non-hydrogen) atoms. The van der Waals surface area contributed by atoms with Gasteiger partial charge in [0.2, 0.25) is 0 Å². The lowest BCUT2D eigenvalue weighted by atomic mass is 10.3. The average molecular weight is 340 g/mol. The lowest BCUT2D eigenvalue weighted by Gasteiger charge is -2.17.